The summed E-state index contributed by atoms with van der Waals surface area (Å²) in [4.78, 5) is 31.6. The Balaban J connectivity index is 1.29. The molecule has 2 amide bonds. The van der Waals surface area contributed by atoms with Crippen molar-refractivity contribution in [3.8, 4) is 29.1 Å². The van der Waals surface area contributed by atoms with E-state index < -0.39 is 17.6 Å². The first-order chi connectivity index (χ1) is 17.3. The van der Waals surface area contributed by atoms with Crippen LogP contribution in [0.1, 0.15) is 16.1 Å². The van der Waals surface area contributed by atoms with E-state index in [9.17, 15) is 14.7 Å². The summed E-state index contributed by atoms with van der Waals surface area (Å²) >= 11 is 0. The minimum atomic E-state index is -1.14. The third-order valence-corrected chi connectivity index (χ3v) is 5.66. The normalized spacial score (nSPS) is 18.0. The number of nitrogens with zero attached hydrogens (tertiary/aromatic N) is 4. The molecule has 36 heavy (non-hydrogen) atoms. The van der Waals surface area contributed by atoms with Crippen LogP contribution >= 0.6 is 0 Å². The van der Waals surface area contributed by atoms with Gasteiger partial charge in [0.25, 0.3) is 11.8 Å². The lowest BCUT2D eigenvalue weighted by atomic mass is 10.0. The Labute approximate surface area is 206 Å². The standard InChI is InChI=1S/C25H23N5O6/c1-29-12-18(11-27-29)36-17-6-8-26-19(10-17)23(31)28-20-13-35-22-4-3-16(5-7-25(33)14-34-15-25)9-21(22)30(2)24(20)32/h3-4,6,8-12,20,33H,13-15H2,1-2H3,(H,28,31)/t20-/m0/s1. The van der Waals surface area contributed by atoms with E-state index in [1.807, 2.05) is 0 Å². The fraction of sp³-hybridized carbons (Fsp3) is 0.280. The summed E-state index contributed by atoms with van der Waals surface area (Å²) in [5.41, 5.74) is 0.0540. The monoisotopic (exact) mass is 489 g/mol. The van der Waals surface area contributed by atoms with Crippen LogP contribution < -0.4 is 19.7 Å². The summed E-state index contributed by atoms with van der Waals surface area (Å²) in [5, 5.41) is 16.8. The summed E-state index contributed by atoms with van der Waals surface area (Å²) in [6.45, 7) is 0.276. The number of pyridine rings is 1. The first-order valence-corrected chi connectivity index (χ1v) is 11.1. The van der Waals surface area contributed by atoms with Crippen molar-refractivity contribution >= 4 is 17.5 Å². The second kappa shape index (κ2) is 9.33. The van der Waals surface area contributed by atoms with Crippen molar-refractivity contribution in [2.75, 3.05) is 31.8 Å². The average Bonchev–Trinajstić information content (AvgIpc) is 3.23. The number of hydrogen-bond acceptors (Lipinski definition) is 8. The molecule has 11 heteroatoms. The van der Waals surface area contributed by atoms with Crippen LogP contribution in [0, 0.1) is 11.8 Å². The predicted octanol–water partition coefficient (Wildman–Crippen LogP) is 0.874. The highest BCUT2D eigenvalue weighted by Gasteiger charge is 2.34. The van der Waals surface area contributed by atoms with Crippen molar-refractivity contribution in [3.05, 3.63) is 60.2 Å². The van der Waals surface area contributed by atoms with E-state index in [1.54, 1.807) is 55.4 Å². The number of carbonyl (C=O) groups excluding carboxylic acids is 2. The molecule has 2 aliphatic rings. The Morgan fingerprint density at radius 3 is 2.81 bits per heavy atom. The highest BCUT2D eigenvalue weighted by atomic mass is 16.5. The Morgan fingerprint density at radius 2 is 2.08 bits per heavy atom. The number of benzene rings is 1. The van der Waals surface area contributed by atoms with E-state index in [0.29, 0.717) is 28.5 Å². The molecule has 4 heterocycles. The van der Waals surface area contributed by atoms with Crippen LogP contribution in [0.4, 0.5) is 5.69 Å². The molecule has 1 saturated heterocycles. The van der Waals surface area contributed by atoms with E-state index in [0.717, 1.165) is 0 Å². The number of carbonyl (C=O) groups is 2. The number of likely N-dealkylation sites (N-methyl/N-ethyl adjacent to an activating group) is 1. The van der Waals surface area contributed by atoms with Gasteiger partial charge in [0, 0.05) is 31.9 Å². The fourth-order valence-electron chi connectivity index (χ4n) is 3.65. The average molecular weight is 489 g/mol. The first-order valence-electron chi connectivity index (χ1n) is 11.1. The van der Waals surface area contributed by atoms with Crippen molar-refractivity contribution in [1.82, 2.24) is 20.1 Å². The molecule has 2 aromatic heterocycles. The summed E-state index contributed by atoms with van der Waals surface area (Å²) in [6.07, 6.45) is 4.69. The van der Waals surface area contributed by atoms with Crippen molar-refractivity contribution in [1.29, 1.82) is 0 Å². The number of hydrogen-bond donors (Lipinski definition) is 2. The van der Waals surface area contributed by atoms with Crippen molar-refractivity contribution in [2.45, 2.75) is 11.6 Å². The number of fused-ring (bicyclic) bond motifs is 1. The van der Waals surface area contributed by atoms with E-state index in [-0.39, 0.29) is 31.4 Å². The molecule has 11 nitrogen and oxygen atoms in total. The molecular weight excluding hydrogens is 466 g/mol. The Bertz CT molecular complexity index is 1390. The number of aryl methyl sites for hydroxylation is 1. The number of aromatic nitrogens is 3. The second-order valence-electron chi connectivity index (χ2n) is 8.52. The van der Waals surface area contributed by atoms with Gasteiger partial charge < -0.3 is 29.5 Å². The first kappa shape index (κ1) is 23.3. The van der Waals surface area contributed by atoms with Gasteiger partial charge in [-0.25, -0.2) is 0 Å². The van der Waals surface area contributed by atoms with E-state index in [1.165, 1.54) is 17.2 Å². The molecule has 0 aliphatic carbocycles. The molecule has 184 valence electrons. The Hall–Kier alpha value is -4.40. The summed E-state index contributed by atoms with van der Waals surface area (Å²) in [6, 6.07) is 7.30. The smallest absolute Gasteiger partial charge is 0.270 e. The zero-order valence-electron chi connectivity index (χ0n) is 19.6. The molecule has 5 rings (SSSR count). The quantitative estimate of drug-likeness (QED) is 0.517. The zero-order valence-corrected chi connectivity index (χ0v) is 19.6. The molecule has 0 spiro atoms. The lowest BCUT2D eigenvalue weighted by molar-refractivity contribution is -0.140. The topological polar surface area (TPSA) is 128 Å². The molecule has 3 aromatic rings. The molecule has 2 N–H and O–H groups in total. The fourth-order valence-corrected chi connectivity index (χ4v) is 3.65. The van der Waals surface area contributed by atoms with Gasteiger partial charge in [-0.05, 0) is 24.3 Å². The molecule has 1 fully saturated rings. The number of amides is 2. The van der Waals surface area contributed by atoms with Crippen molar-refractivity contribution in [2.24, 2.45) is 7.05 Å². The van der Waals surface area contributed by atoms with Gasteiger partial charge in [0.05, 0.1) is 31.3 Å². The van der Waals surface area contributed by atoms with Crippen LogP contribution in [0.2, 0.25) is 0 Å². The largest absolute Gasteiger partial charge is 0.489 e. The minimum Gasteiger partial charge on any atom is -0.489 e. The van der Waals surface area contributed by atoms with Crippen molar-refractivity contribution in [3.63, 3.8) is 0 Å². The van der Waals surface area contributed by atoms with Crippen molar-refractivity contribution < 1.29 is 28.9 Å². The molecule has 1 aromatic carbocycles. The molecule has 0 saturated carbocycles. The molecule has 0 bridgehead atoms. The van der Waals surface area contributed by atoms with E-state index in [4.69, 9.17) is 14.2 Å². The van der Waals surface area contributed by atoms with Gasteiger partial charge in [0.2, 0.25) is 0 Å². The molecule has 1 atom stereocenters. The van der Waals surface area contributed by atoms with Gasteiger partial charge in [-0.15, -0.1) is 0 Å². The zero-order chi connectivity index (χ0) is 25.3. The third-order valence-electron chi connectivity index (χ3n) is 5.66. The highest BCUT2D eigenvalue weighted by molar-refractivity contribution is 6.03. The maximum atomic E-state index is 13.2. The third kappa shape index (κ3) is 4.86. The SMILES string of the molecule is CN1C(=O)[C@@H](NC(=O)c2cc(Oc3cnn(C)c3)ccn2)COc2ccc(C#CC3(O)COC3)cc21. The minimum absolute atomic E-state index is 0.0596. The lowest BCUT2D eigenvalue weighted by Crippen LogP contribution is -2.49. The van der Waals surface area contributed by atoms with Crippen LogP contribution in [0.3, 0.4) is 0 Å². The van der Waals surface area contributed by atoms with Crippen LogP contribution in [-0.2, 0) is 16.6 Å². The van der Waals surface area contributed by atoms with Crippen LogP contribution in [0.5, 0.6) is 17.2 Å². The van der Waals surface area contributed by atoms with Crippen LogP contribution in [0.15, 0.2) is 48.9 Å². The summed E-state index contributed by atoms with van der Waals surface area (Å²) in [7, 11) is 3.36. The Morgan fingerprint density at radius 1 is 1.25 bits per heavy atom. The highest BCUT2D eigenvalue weighted by Crippen LogP contribution is 2.31. The van der Waals surface area contributed by atoms with Gasteiger partial charge >= 0.3 is 0 Å². The number of nitrogens with one attached hydrogen (secondary N) is 1. The summed E-state index contributed by atoms with van der Waals surface area (Å²) in [5.74, 6) is 6.19. The lowest BCUT2D eigenvalue weighted by Gasteiger charge is -2.30. The van der Waals surface area contributed by atoms with E-state index in [2.05, 4.69) is 27.2 Å². The van der Waals surface area contributed by atoms with Gasteiger partial charge in [-0.1, -0.05) is 11.8 Å². The van der Waals surface area contributed by atoms with Gasteiger partial charge in [-0.3, -0.25) is 19.3 Å². The van der Waals surface area contributed by atoms with Gasteiger partial charge in [0.15, 0.2) is 11.4 Å². The van der Waals surface area contributed by atoms with E-state index >= 15 is 0 Å². The molecule has 2 aliphatic heterocycles. The van der Waals surface area contributed by atoms with Gasteiger partial charge in [0.1, 0.15) is 29.8 Å². The maximum Gasteiger partial charge on any atom is 0.270 e. The molecule has 0 radical (unpaired) electrons. The molecule has 0 unspecified atom stereocenters. The van der Waals surface area contributed by atoms with Crippen LogP contribution in [0.25, 0.3) is 0 Å². The summed E-state index contributed by atoms with van der Waals surface area (Å²) < 4.78 is 18.1. The van der Waals surface area contributed by atoms with Crippen LogP contribution in [-0.4, -0.2) is 70.2 Å². The number of aliphatic hydroxyl groups is 1. The van der Waals surface area contributed by atoms with Gasteiger partial charge in [-0.2, -0.15) is 5.10 Å². The number of anilines is 1. The maximum absolute atomic E-state index is 13.2. The molecular formula is C25H23N5O6. The second-order valence-corrected chi connectivity index (χ2v) is 8.52. The number of rotatable bonds is 4. The number of ether oxygens (including phenoxy) is 3. The predicted molar refractivity (Wildman–Crippen MR) is 127 cm³/mol. The Kier molecular flexibility index (Phi) is 6.05.